The van der Waals surface area contributed by atoms with E-state index in [2.05, 4.69) is 10.4 Å². The summed E-state index contributed by atoms with van der Waals surface area (Å²) in [7, 11) is 1.55. The van der Waals surface area contributed by atoms with E-state index in [9.17, 15) is 9.59 Å². The molecule has 2 rings (SSSR count). The second kappa shape index (κ2) is 5.18. The standard InChI is InChI=1S/C12H12ClN3O2/c1-14-11(17)6-9-7-12(18)16(15-9)10-4-2-3-8(13)5-10/h2-5H,6-7H2,1H3,(H,14,17). The first-order chi connectivity index (χ1) is 8.60. The highest BCUT2D eigenvalue weighted by Crippen LogP contribution is 2.24. The minimum Gasteiger partial charge on any atom is -0.359 e. The smallest absolute Gasteiger partial charge is 0.253 e. The van der Waals surface area contributed by atoms with Crippen LogP contribution in [-0.2, 0) is 9.59 Å². The monoisotopic (exact) mass is 265 g/mol. The largest absolute Gasteiger partial charge is 0.359 e. The second-order valence-corrected chi connectivity index (χ2v) is 4.31. The van der Waals surface area contributed by atoms with Crippen molar-refractivity contribution in [3.05, 3.63) is 29.3 Å². The molecule has 0 aromatic heterocycles. The molecule has 0 saturated carbocycles. The number of nitrogens with one attached hydrogen (secondary N) is 1. The van der Waals surface area contributed by atoms with Gasteiger partial charge in [-0.1, -0.05) is 17.7 Å². The van der Waals surface area contributed by atoms with Crippen LogP contribution in [0.4, 0.5) is 5.69 Å². The van der Waals surface area contributed by atoms with Crippen molar-refractivity contribution < 1.29 is 9.59 Å². The maximum atomic E-state index is 11.8. The number of carbonyl (C=O) groups excluding carboxylic acids is 2. The molecule has 0 aliphatic carbocycles. The highest BCUT2D eigenvalue weighted by Gasteiger charge is 2.26. The SMILES string of the molecule is CNC(=O)CC1=NN(c2cccc(Cl)c2)C(=O)C1. The van der Waals surface area contributed by atoms with Gasteiger partial charge < -0.3 is 5.32 Å². The topological polar surface area (TPSA) is 61.8 Å². The van der Waals surface area contributed by atoms with Crippen LogP contribution in [-0.4, -0.2) is 24.6 Å². The Kier molecular flexibility index (Phi) is 3.62. The van der Waals surface area contributed by atoms with Crippen molar-refractivity contribution >= 4 is 34.8 Å². The number of carbonyl (C=O) groups is 2. The summed E-state index contributed by atoms with van der Waals surface area (Å²) < 4.78 is 0. The summed E-state index contributed by atoms with van der Waals surface area (Å²) in [5.74, 6) is -0.314. The third-order valence-electron chi connectivity index (χ3n) is 2.53. The van der Waals surface area contributed by atoms with Gasteiger partial charge in [0.15, 0.2) is 0 Å². The Balaban J connectivity index is 2.19. The van der Waals surface area contributed by atoms with Gasteiger partial charge in [-0.3, -0.25) is 9.59 Å². The van der Waals surface area contributed by atoms with Gasteiger partial charge in [-0.25, -0.2) is 5.01 Å². The number of hydrazone groups is 1. The van der Waals surface area contributed by atoms with Gasteiger partial charge in [-0.15, -0.1) is 0 Å². The van der Waals surface area contributed by atoms with Crippen LogP contribution in [0.3, 0.4) is 0 Å². The van der Waals surface area contributed by atoms with Crippen molar-refractivity contribution in [1.82, 2.24) is 5.32 Å². The highest BCUT2D eigenvalue weighted by atomic mass is 35.5. The van der Waals surface area contributed by atoms with Crippen molar-refractivity contribution in [1.29, 1.82) is 0 Å². The summed E-state index contributed by atoms with van der Waals surface area (Å²) in [6.45, 7) is 0. The van der Waals surface area contributed by atoms with E-state index >= 15 is 0 Å². The average molecular weight is 266 g/mol. The van der Waals surface area contributed by atoms with Crippen LogP contribution in [0.2, 0.25) is 5.02 Å². The Morgan fingerprint density at radius 3 is 3.00 bits per heavy atom. The molecule has 0 fully saturated rings. The number of anilines is 1. The van der Waals surface area contributed by atoms with Gasteiger partial charge in [0.1, 0.15) is 0 Å². The van der Waals surface area contributed by atoms with Crippen LogP contribution in [0.5, 0.6) is 0 Å². The van der Waals surface area contributed by atoms with E-state index in [0.29, 0.717) is 16.4 Å². The van der Waals surface area contributed by atoms with Crippen LogP contribution >= 0.6 is 11.6 Å². The molecule has 0 unspecified atom stereocenters. The maximum Gasteiger partial charge on any atom is 0.253 e. The Labute approximate surface area is 109 Å². The molecule has 1 aromatic rings. The number of nitrogens with zero attached hydrogens (tertiary/aromatic N) is 2. The number of halogens is 1. The van der Waals surface area contributed by atoms with E-state index in [0.717, 1.165) is 0 Å². The van der Waals surface area contributed by atoms with Gasteiger partial charge in [-0.05, 0) is 18.2 Å². The molecule has 0 spiro atoms. The molecule has 1 heterocycles. The van der Waals surface area contributed by atoms with Crippen molar-refractivity contribution in [2.24, 2.45) is 5.10 Å². The molecule has 2 amide bonds. The van der Waals surface area contributed by atoms with Crippen LogP contribution in [0, 0.1) is 0 Å². The molecule has 0 saturated heterocycles. The van der Waals surface area contributed by atoms with E-state index < -0.39 is 0 Å². The number of benzene rings is 1. The zero-order chi connectivity index (χ0) is 13.1. The second-order valence-electron chi connectivity index (χ2n) is 3.88. The normalized spacial score (nSPS) is 14.7. The molecule has 5 nitrogen and oxygen atoms in total. The third kappa shape index (κ3) is 2.68. The lowest BCUT2D eigenvalue weighted by Gasteiger charge is -2.11. The number of rotatable bonds is 3. The number of hydrogen-bond donors (Lipinski definition) is 1. The predicted molar refractivity (Wildman–Crippen MR) is 69.7 cm³/mol. The first-order valence-electron chi connectivity index (χ1n) is 5.45. The van der Waals surface area contributed by atoms with Crippen LogP contribution in [0.15, 0.2) is 29.4 Å². The lowest BCUT2D eigenvalue weighted by molar-refractivity contribution is -0.119. The van der Waals surface area contributed by atoms with E-state index in [4.69, 9.17) is 11.6 Å². The summed E-state index contributed by atoms with van der Waals surface area (Å²) in [6.07, 6.45) is 0.305. The molecule has 1 N–H and O–H groups in total. The molecule has 1 aliphatic rings. The van der Waals surface area contributed by atoms with Crippen LogP contribution in [0.25, 0.3) is 0 Å². The Morgan fingerprint density at radius 2 is 2.33 bits per heavy atom. The van der Waals surface area contributed by atoms with Crippen molar-refractivity contribution in [2.45, 2.75) is 12.8 Å². The van der Waals surface area contributed by atoms with Gasteiger partial charge >= 0.3 is 0 Å². The van der Waals surface area contributed by atoms with Gasteiger partial charge in [0.25, 0.3) is 5.91 Å². The van der Waals surface area contributed by atoms with Gasteiger partial charge in [0, 0.05) is 12.1 Å². The summed E-state index contributed by atoms with van der Waals surface area (Å²) >= 11 is 5.86. The van der Waals surface area contributed by atoms with Crippen LogP contribution < -0.4 is 10.3 Å². The average Bonchev–Trinajstić information content (AvgIpc) is 2.70. The molecule has 6 heteroatoms. The fourth-order valence-corrected chi connectivity index (χ4v) is 1.85. The molecule has 18 heavy (non-hydrogen) atoms. The fraction of sp³-hybridized carbons (Fsp3) is 0.250. The summed E-state index contributed by atoms with van der Waals surface area (Å²) in [5.41, 5.74) is 1.17. The molecule has 94 valence electrons. The zero-order valence-corrected chi connectivity index (χ0v) is 10.6. The van der Waals surface area contributed by atoms with Crippen molar-refractivity contribution in [3.8, 4) is 0 Å². The molecule has 1 aliphatic heterocycles. The first kappa shape index (κ1) is 12.6. The zero-order valence-electron chi connectivity index (χ0n) is 9.81. The third-order valence-corrected chi connectivity index (χ3v) is 2.76. The summed E-state index contributed by atoms with van der Waals surface area (Å²) in [6, 6.07) is 6.87. The maximum absolute atomic E-state index is 11.8. The minimum atomic E-state index is -0.158. The number of amides is 2. The molecule has 0 bridgehead atoms. The molecule has 0 atom stereocenters. The van der Waals surface area contributed by atoms with E-state index in [1.807, 2.05) is 0 Å². The molecular weight excluding hydrogens is 254 g/mol. The Bertz CT molecular complexity index is 528. The minimum absolute atomic E-state index is 0.138. The molecule has 1 aromatic carbocycles. The molecular formula is C12H12ClN3O2. The summed E-state index contributed by atoms with van der Waals surface area (Å²) in [4.78, 5) is 23.0. The highest BCUT2D eigenvalue weighted by molar-refractivity contribution is 6.31. The Hall–Kier alpha value is -1.88. The van der Waals surface area contributed by atoms with Gasteiger partial charge in [0.05, 0.1) is 24.2 Å². The van der Waals surface area contributed by atoms with Crippen LogP contribution in [0.1, 0.15) is 12.8 Å². The van der Waals surface area contributed by atoms with Crippen molar-refractivity contribution in [3.63, 3.8) is 0 Å². The van der Waals surface area contributed by atoms with Gasteiger partial charge in [0.2, 0.25) is 5.91 Å². The quantitative estimate of drug-likeness (QED) is 0.902. The predicted octanol–water partition coefficient (Wildman–Crippen LogP) is 1.57. The summed E-state index contributed by atoms with van der Waals surface area (Å²) in [5, 5.41) is 8.47. The van der Waals surface area contributed by atoms with E-state index in [1.54, 1.807) is 31.3 Å². The first-order valence-corrected chi connectivity index (χ1v) is 5.83. The lowest BCUT2D eigenvalue weighted by Crippen LogP contribution is -2.21. The van der Waals surface area contributed by atoms with Crippen molar-refractivity contribution in [2.75, 3.05) is 12.1 Å². The lowest BCUT2D eigenvalue weighted by atomic mass is 10.2. The van der Waals surface area contributed by atoms with E-state index in [-0.39, 0.29) is 24.7 Å². The fourth-order valence-electron chi connectivity index (χ4n) is 1.66. The van der Waals surface area contributed by atoms with Gasteiger partial charge in [-0.2, -0.15) is 5.10 Å². The molecule has 0 radical (unpaired) electrons. The van der Waals surface area contributed by atoms with E-state index in [1.165, 1.54) is 5.01 Å². The number of hydrogen-bond acceptors (Lipinski definition) is 3. The Morgan fingerprint density at radius 1 is 1.56 bits per heavy atom.